The molecule has 1 saturated heterocycles. The molecule has 1 aromatic rings. The number of nitrogens with one attached hydrogen (secondary N) is 1. The van der Waals surface area contributed by atoms with Crippen LogP contribution in [0.4, 0.5) is 0 Å². The first-order chi connectivity index (χ1) is 15.0. The van der Waals surface area contributed by atoms with E-state index >= 15 is 0 Å². The number of fused-ring (bicyclic) bond motifs is 1. The number of hydrogen-bond acceptors (Lipinski definition) is 6. The Morgan fingerprint density at radius 1 is 1.06 bits per heavy atom. The van der Waals surface area contributed by atoms with Crippen molar-refractivity contribution in [2.24, 2.45) is 34.6 Å². The molecule has 1 N–H and O–H groups in total. The van der Waals surface area contributed by atoms with Crippen LogP contribution in [0.1, 0.15) is 56.9 Å². The first-order valence-electron chi connectivity index (χ1n) is 11.7. The van der Waals surface area contributed by atoms with Gasteiger partial charge in [0, 0.05) is 36.8 Å². The summed E-state index contributed by atoms with van der Waals surface area (Å²) in [7, 11) is -3.48. The molecular formula is C23H28N2O5S. The Morgan fingerprint density at radius 3 is 2.74 bits per heavy atom. The van der Waals surface area contributed by atoms with Crippen molar-refractivity contribution in [1.29, 1.82) is 0 Å². The van der Waals surface area contributed by atoms with Crippen LogP contribution in [0, 0.1) is 29.6 Å². The van der Waals surface area contributed by atoms with Crippen LogP contribution in [-0.4, -0.2) is 32.4 Å². The fourth-order valence-corrected chi connectivity index (χ4v) is 8.64. The third-order valence-corrected chi connectivity index (χ3v) is 10.2. The predicted molar refractivity (Wildman–Crippen MR) is 111 cm³/mol. The largest absolute Gasteiger partial charge is 0.312 e. The Hall–Kier alpha value is -1.48. The molecule has 5 atom stereocenters. The van der Waals surface area contributed by atoms with Crippen LogP contribution in [0.5, 0.6) is 0 Å². The summed E-state index contributed by atoms with van der Waals surface area (Å²) in [5.41, 5.74) is 0.665. The zero-order chi connectivity index (χ0) is 20.8. The van der Waals surface area contributed by atoms with Crippen LogP contribution in [0.15, 0.2) is 34.2 Å². The van der Waals surface area contributed by atoms with Crippen molar-refractivity contribution in [2.75, 3.05) is 6.54 Å². The molecule has 0 amide bonds. The summed E-state index contributed by atoms with van der Waals surface area (Å²) in [6.45, 7) is 0.600. The van der Waals surface area contributed by atoms with Gasteiger partial charge in [-0.1, -0.05) is 12.1 Å². The molecule has 4 bridgehead atoms. The molecule has 8 rings (SSSR count). The molecule has 8 heteroatoms. The highest BCUT2D eigenvalue weighted by molar-refractivity contribution is 7.90. The minimum Gasteiger partial charge on any atom is -0.312 e. The van der Waals surface area contributed by atoms with E-state index in [1.54, 1.807) is 12.1 Å². The van der Waals surface area contributed by atoms with Crippen molar-refractivity contribution in [1.82, 2.24) is 4.72 Å². The van der Waals surface area contributed by atoms with Crippen molar-refractivity contribution in [3.05, 3.63) is 29.8 Å². The number of amidine groups is 1. The normalized spacial score (nSPS) is 47.5. The van der Waals surface area contributed by atoms with Gasteiger partial charge >= 0.3 is 0 Å². The topological polar surface area (TPSA) is 86.2 Å². The van der Waals surface area contributed by atoms with Gasteiger partial charge in [-0.05, 0) is 68.4 Å². The van der Waals surface area contributed by atoms with E-state index in [0.29, 0.717) is 40.6 Å². The molecule has 5 aliphatic carbocycles. The van der Waals surface area contributed by atoms with E-state index in [0.717, 1.165) is 37.5 Å². The summed E-state index contributed by atoms with van der Waals surface area (Å²) < 4.78 is 33.9. The lowest BCUT2D eigenvalue weighted by atomic mass is 9.78. The number of aliphatic imine (C=N–C) groups is 1. The maximum Gasteiger partial charge on any atom is 0.263 e. The number of nitrogens with zero attached hydrogens (tertiary/aromatic N) is 1. The SMILES string of the molecule is O=S1(=O)NC(=NCC2CCC3(CC2)OOC2(O3)C3CC4CC(C3)C2C4)c2ccccc21. The van der Waals surface area contributed by atoms with Crippen molar-refractivity contribution >= 4 is 15.9 Å². The lowest BCUT2D eigenvalue weighted by molar-refractivity contribution is -0.370. The summed E-state index contributed by atoms with van der Waals surface area (Å²) in [4.78, 5) is 17.0. The average Bonchev–Trinajstić information content (AvgIpc) is 3.42. The van der Waals surface area contributed by atoms with Crippen molar-refractivity contribution < 1.29 is 22.9 Å². The zero-order valence-electron chi connectivity index (χ0n) is 17.5. The van der Waals surface area contributed by atoms with Gasteiger partial charge in [0.05, 0.1) is 4.90 Å². The van der Waals surface area contributed by atoms with Crippen LogP contribution in [0.2, 0.25) is 0 Å². The van der Waals surface area contributed by atoms with Crippen LogP contribution in [0.3, 0.4) is 0 Å². The zero-order valence-corrected chi connectivity index (χ0v) is 18.3. The van der Waals surface area contributed by atoms with E-state index in [1.807, 2.05) is 12.1 Å². The first kappa shape index (κ1) is 19.0. The van der Waals surface area contributed by atoms with Crippen LogP contribution in [0.25, 0.3) is 0 Å². The summed E-state index contributed by atoms with van der Waals surface area (Å²) in [6.07, 6.45) is 8.52. The molecule has 2 heterocycles. The molecule has 5 unspecified atom stereocenters. The minimum atomic E-state index is -3.48. The monoisotopic (exact) mass is 444 g/mol. The second-order valence-electron chi connectivity index (χ2n) is 10.5. The highest BCUT2D eigenvalue weighted by atomic mass is 32.2. The number of rotatable bonds is 2. The summed E-state index contributed by atoms with van der Waals surface area (Å²) in [6, 6.07) is 7.01. The van der Waals surface area contributed by atoms with E-state index in [2.05, 4.69) is 9.71 Å². The third-order valence-electron chi connectivity index (χ3n) is 8.79. The van der Waals surface area contributed by atoms with Gasteiger partial charge in [0.25, 0.3) is 10.0 Å². The average molecular weight is 445 g/mol. The van der Waals surface area contributed by atoms with Gasteiger partial charge in [0.1, 0.15) is 5.84 Å². The molecule has 0 aromatic heterocycles. The lowest BCUT2D eigenvalue weighted by Crippen LogP contribution is -2.47. The molecular weight excluding hydrogens is 416 g/mol. The summed E-state index contributed by atoms with van der Waals surface area (Å²) in [5, 5.41) is 0. The second kappa shape index (κ2) is 6.31. The Labute approximate surface area is 182 Å². The Kier molecular flexibility index (Phi) is 3.87. The number of ether oxygens (including phenoxy) is 1. The van der Waals surface area contributed by atoms with E-state index < -0.39 is 21.6 Å². The fourth-order valence-electron chi connectivity index (χ4n) is 7.39. The smallest absolute Gasteiger partial charge is 0.263 e. The predicted octanol–water partition coefficient (Wildman–Crippen LogP) is 3.35. The Bertz CT molecular complexity index is 1060. The van der Waals surface area contributed by atoms with Crippen molar-refractivity contribution in [3.63, 3.8) is 0 Å². The molecule has 6 fully saturated rings. The Balaban J connectivity index is 1.03. The molecule has 0 radical (unpaired) electrons. The van der Waals surface area contributed by atoms with Crippen molar-refractivity contribution in [2.45, 2.75) is 67.8 Å². The van der Waals surface area contributed by atoms with Gasteiger partial charge in [0.15, 0.2) is 0 Å². The van der Waals surface area contributed by atoms with Crippen LogP contribution >= 0.6 is 0 Å². The van der Waals surface area contributed by atoms with Crippen LogP contribution < -0.4 is 4.72 Å². The number of benzene rings is 1. The van der Waals surface area contributed by atoms with Crippen LogP contribution in [-0.2, 0) is 24.5 Å². The quantitative estimate of drug-likeness (QED) is 0.707. The molecule has 1 aromatic carbocycles. The third kappa shape index (κ3) is 2.68. The summed E-state index contributed by atoms with van der Waals surface area (Å²) in [5.74, 6) is 2.39. The van der Waals surface area contributed by atoms with Gasteiger partial charge in [-0.25, -0.2) is 8.42 Å². The maximum absolute atomic E-state index is 12.3. The van der Waals surface area contributed by atoms with Gasteiger partial charge in [-0.2, -0.15) is 9.78 Å². The lowest BCUT2D eigenvalue weighted by Gasteiger charge is -2.40. The second-order valence-corrected chi connectivity index (χ2v) is 12.2. The summed E-state index contributed by atoms with van der Waals surface area (Å²) >= 11 is 0. The molecule has 7 aliphatic rings. The molecule has 31 heavy (non-hydrogen) atoms. The number of hydrogen-bond donors (Lipinski definition) is 1. The van der Waals surface area contributed by atoms with Gasteiger partial charge < -0.3 is 4.74 Å². The van der Waals surface area contributed by atoms with E-state index in [4.69, 9.17) is 14.5 Å². The Morgan fingerprint density at radius 2 is 1.90 bits per heavy atom. The van der Waals surface area contributed by atoms with E-state index in [9.17, 15) is 8.42 Å². The van der Waals surface area contributed by atoms with E-state index in [-0.39, 0.29) is 0 Å². The maximum atomic E-state index is 12.3. The van der Waals surface area contributed by atoms with Gasteiger partial charge in [-0.15, -0.1) is 0 Å². The highest BCUT2D eigenvalue weighted by Crippen LogP contribution is 2.67. The number of sulfonamides is 1. The van der Waals surface area contributed by atoms with E-state index in [1.165, 1.54) is 25.7 Å². The standard InChI is InChI=1S/C23H28N2O5S/c26-31(27)20-4-2-1-3-18(20)21(25-31)24-13-14-5-7-22(8-6-14)28-23(30-29-22)17-10-15-9-16(12-17)19(23)11-15/h1-4,14-17,19H,5-13H2,(H,24,25). The molecule has 166 valence electrons. The molecule has 2 spiro atoms. The fraction of sp³-hybridized carbons (Fsp3) is 0.696. The first-order valence-corrected chi connectivity index (χ1v) is 13.2. The molecule has 2 aliphatic heterocycles. The van der Waals surface area contributed by atoms with Gasteiger partial charge in [-0.3, -0.25) is 9.71 Å². The minimum absolute atomic E-state index is 0.312. The molecule has 5 saturated carbocycles. The van der Waals surface area contributed by atoms with Gasteiger partial charge in [0.2, 0.25) is 11.6 Å². The molecule has 7 nitrogen and oxygen atoms in total. The van der Waals surface area contributed by atoms with Crippen molar-refractivity contribution in [3.8, 4) is 0 Å². The highest BCUT2D eigenvalue weighted by Gasteiger charge is 2.70.